The lowest BCUT2D eigenvalue weighted by Gasteiger charge is -2.35. The minimum absolute atomic E-state index is 0.366. The highest BCUT2D eigenvalue weighted by Crippen LogP contribution is 2.48. The van der Waals surface area contributed by atoms with Crippen molar-refractivity contribution in [2.75, 3.05) is 11.9 Å². The first-order valence-corrected chi connectivity index (χ1v) is 9.21. The van der Waals surface area contributed by atoms with Crippen molar-refractivity contribution >= 4 is 45.2 Å². The number of halogens is 1. The van der Waals surface area contributed by atoms with Crippen LogP contribution in [0.15, 0.2) is 22.7 Å². The molecule has 0 fully saturated rings. The molecule has 7 nitrogen and oxygen atoms in total. The van der Waals surface area contributed by atoms with Crippen LogP contribution in [0.25, 0.3) is 0 Å². The molecule has 0 radical (unpaired) electrons. The van der Waals surface area contributed by atoms with Crippen molar-refractivity contribution in [3.05, 3.63) is 28.2 Å². The number of carbonyl (C=O) groups excluding carboxylic acids is 4. The number of anilines is 1. The Kier molecular flexibility index (Phi) is 5.52. The fourth-order valence-electron chi connectivity index (χ4n) is 3.49. The Morgan fingerprint density at radius 3 is 2.22 bits per heavy atom. The first kappa shape index (κ1) is 21.1. The summed E-state index contributed by atoms with van der Waals surface area (Å²) in [7, 11) is 1.53. The van der Waals surface area contributed by atoms with Gasteiger partial charge in [0.1, 0.15) is 23.1 Å². The van der Waals surface area contributed by atoms with Crippen LogP contribution in [0.2, 0.25) is 0 Å². The number of amides is 2. The minimum Gasteiger partial charge on any atom is -0.444 e. The van der Waals surface area contributed by atoms with Crippen LogP contribution in [-0.2, 0) is 24.7 Å². The second kappa shape index (κ2) is 7.07. The van der Waals surface area contributed by atoms with Gasteiger partial charge in [-0.3, -0.25) is 14.4 Å². The van der Waals surface area contributed by atoms with Gasteiger partial charge in [0.15, 0.2) is 5.54 Å². The highest BCUT2D eigenvalue weighted by molar-refractivity contribution is 9.10. The van der Waals surface area contributed by atoms with Crippen LogP contribution in [0.3, 0.4) is 0 Å². The molecule has 0 saturated carbocycles. The highest BCUT2D eigenvalue weighted by Gasteiger charge is 2.60. The number of Topliss-reactive ketones (excluding diaryl/α,β-unsaturated/α-hetero) is 2. The summed E-state index contributed by atoms with van der Waals surface area (Å²) in [6.07, 6.45) is -0.885. The lowest BCUT2D eigenvalue weighted by atomic mass is 9.74. The standard InChI is InChI=1S/C19H23BrN2O5/c1-10(23)14(11(2)24)19(21-17(26)27-18(3,4)5)12-8-7-9-13(20)15(12)22(6)16(19)25/h7-9,14H,1-6H3,(H,21,26)/t19-/m1/s1. The number of hydrogen-bond acceptors (Lipinski definition) is 5. The number of carbonyl (C=O) groups is 4. The van der Waals surface area contributed by atoms with E-state index in [1.807, 2.05) is 0 Å². The summed E-state index contributed by atoms with van der Waals surface area (Å²) < 4.78 is 5.91. The average molecular weight is 439 g/mol. The molecule has 0 aliphatic carbocycles. The van der Waals surface area contributed by atoms with Crippen molar-refractivity contribution in [1.82, 2.24) is 5.32 Å². The normalized spacial score (nSPS) is 19.1. The zero-order chi connectivity index (χ0) is 20.7. The predicted octanol–water partition coefficient (Wildman–Crippen LogP) is 2.94. The lowest BCUT2D eigenvalue weighted by molar-refractivity contribution is -0.141. The molecule has 0 spiro atoms. The number of rotatable bonds is 4. The largest absolute Gasteiger partial charge is 0.444 e. The van der Waals surface area contributed by atoms with Gasteiger partial charge >= 0.3 is 6.09 Å². The summed E-state index contributed by atoms with van der Waals surface area (Å²) in [6, 6.07) is 5.04. The van der Waals surface area contributed by atoms with Gasteiger partial charge in [0.2, 0.25) is 0 Å². The zero-order valence-electron chi connectivity index (χ0n) is 16.2. The Morgan fingerprint density at radius 1 is 1.19 bits per heavy atom. The maximum absolute atomic E-state index is 13.3. The van der Waals surface area contributed by atoms with Crippen LogP contribution in [0.4, 0.5) is 10.5 Å². The van der Waals surface area contributed by atoms with Crippen LogP contribution in [0, 0.1) is 5.92 Å². The van der Waals surface area contributed by atoms with Crippen molar-refractivity contribution in [3.63, 3.8) is 0 Å². The van der Waals surface area contributed by atoms with Gasteiger partial charge in [0.25, 0.3) is 5.91 Å². The second-order valence-corrected chi connectivity index (χ2v) is 8.44. The van der Waals surface area contributed by atoms with Gasteiger partial charge in [-0.15, -0.1) is 0 Å². The number of nitrogens with zero attached hydrogens (tertiary/aromatic N) is 1. The summed E-state index contributed by atoms with van der Waals surface area (Å²) in [5.41, 5.74) is -1.83. The number of benzene rings is 1. The van der Waals surface area contributed by atoms with Crippen LogP contribution in [0.5, 0.6) is 0 Å². The molecule has 146 valence electrons. The van der Waals surface area contributed by atoms with E-state index in [9.17, 15) is 19.2 Å². The molecule has 0 aromatic heterocycles. The van der Waals surface area contributed by atoms with Crippen LogP contribution in [-0.4, -0.2) is 36.2 Å². The fraction of sp³-hybridized carbons (Fsp3) is 0.474. The monoisotopic (exact) mass is 438 g/mol. The number of alkyl carbamates (subject to hydrolysis) is 1. The van der Waals surface area contributed by atoms with Gasteiger partial charge in [-0.1, -0.05) is 12.1 Å². The molecule has 2 rings (SSSR count). The van der Waals surface area contributed by atoms with E-state index in [2.05, 4.69) is 21.2 Å². The number of para-hydroxylation sites is 1. The molecule has 1 aromatic carbocycles. The van der Waals surface area contributed by atoms with Gasteiger partial charge in [0.05, 0.1) is 5.69 Å². The Balaban J connectivity index is 2.74. The maximum Gasteiger partial charge on any atom is 0.408 e. The first-order chi connectivity index (χ1) is 12.3. The minimum atomic E-state index is -1.87. The van der Waals surface area contributed by atoms with Gasteiger partial charge in [-0.05, 0) is 56.6 Å². The van der Waals surface area contributed by atoms with Gasteiger partial charge < -0.3 is 15.0 Å². The van der Waals surface area contributed by atoms with Crippen molar-refractivity contribution in [2.45, 2.75) is 45.8 Å². The van der Waals surface area contributed by atoms with E-state index in [0.717, 1.165) is 0 Å². The molecule has 27 heavy (non-hydrogen) atoms. The van der Waals surface area contributed by atoms with E-state index in [1.165, 1.54) is 25.8 Å². The van der Waals surface area contributed by atoms with Gasteiger partial charge in [-0.25, -0.2) is 4.79 Å². The third-order valence-electron chi connectivity index (χ3n) is 4.33. The molecular formula is C19H23BrN2O5. The summed E-state index contributed by atoms with van der Waals surface area (Å²) in [5, 5.41) is 2.56. The Bertz CT molecular complexity index is 816. The summed E-state index contributed by atoms with van der Waals surface area (Å²) in [4.78, 5) is 52.0. The Morgan fingerprint density at radius 2 is 1.74 bits per heavy atom. The molecule has 0 bridgehead atoms. The molecule has 1 aliphatic rings. The summed E-state index contributed by atoms with van der Waals surface area (Å²) >= 11 is 3.40. The molecule has 0 saturated heterocycles. The van der Waals surface area contributed by atoms with Crippen molar-refractivity contribution in [2.24, 2.45) is 5.92 Å². The lowest BCUT2D eigenvalue weighted by Crippen LogP contribution is -2.61. The van der Waals surface area contributed by atoms with E-state index in [-0.39, 0.29) is 0 Å². The van der Waals surface area contributed by atoms with Crippen molar-refractivity contribution in [1.29, 1.82) is 0 Å². The van der Waals surface area contributed by atoms with E-state index < -0.39 is 40.6 Å². The van der Waals surface area contributed by atoms with E-state index in [4.69, 9.17) is 4.74 Å². The molecule has 1 atom stereocenters. The predicted molar refractivity (Wildman–Crippen MR) is 103 cm³/mol. The topological polar surface area (TPSA) is 92.8 Å². The average Bonchev–Trinajstić information content (AvgIpc) is 2.68. The highest BCUT2D eigenvalue weighted by atomic mass is 79.9. The Hall–Kier alpha value is -2.22. The molecule has 1 aliphatic heterocycles. The van der Waals surface area contributed by atoms with E-state index in [0.29, 0.717) is 15.7 Å². The SMILES string of the molecule is CC(=O)C(C(C)=O)[C@@]1(NC(=O)OC(C)(C)C)C(=O)N(C)c2c(Br)cccc21. The number of ether oxygens (including phenoxy) is 1. The summed E-state index contributed by atoms with van der Waals surface area (Å²) in [6.45, 7) is 7.50. The molecule has 1 heterocycles. The summed E-state index contributed by atoms with van der Waals surface area (Å²) in [5.74, 6) is -3.00. The first-order valence-electron chi connectivity index (χ1n) is 8.42. The number of hydrogen-bond donors (Lipinski definition) is 1. The van der Waals surface area contributed by atoms with E-state index >= 15 is 0 Å². The number of likely N-dealkylation sites (N-methyl/N-ethyl adjacent to an activating group) is 1. The molecule has 0 unspecified atom stereocenters. The Labute approximate surface area is 166 Å². The number of fused-ring (bicyclic) bond motifs is 1. The van der Waals surface area contributed by atoms with Crippen LogP contribution in [0.1, 0.15) is 40.2 Å². The van der Waals surface area contributed by atoms with Gasteiger partial charge in [0, 0.05) is 17.1 Å². The molecule has 2 amide bonds. The van der Waals surface area contributed by atoms with Crippen molar-refractivity contribution < 1.29 is 23.9 Å². The third-order valence-corrected chi connectivity index (χ3v) is 4.97. The number of nitrogens with one attached hydrogen (secondary N) is 1. The van der Waals surface area contributed by atoms with Crippen LogP contribution >= 0.6 is 15.9 Å². The quantitative estimate of drug-likeness (QED) is 0.729. The van der Waals surface area contributed by atoms with Crippen LogP contribution < -0.4 is 10.2 Å². The molecule has 8 heteroatoms. The zero-order valence-corrected chi connectivity index (χ0v) is 17.8. The molecular weight excluding hydrogens is 416 g/mol. The van der Waals surface area contributed by atoms with Gasteiger partial charge in [-0.2, -0.15) is 0 Å². The van der Waals surface area contributed by atoms with E-state index in [1.54, 1.807) is 39.0 Å². The fourth-order valence-corrected chi connectivity index (χ4v) is 4.12. The smallest absolute Gasteiger partial charge is 0.408 e. The molecule has 1 aromatic rings. The third kappa shape index (κ3) is 3.63. The molecule has 1 N–H and O–H groups in total. The second-order valence-electron chi connectivity index (χ2n) is 7.59. The number of ketones is 2. The maximum atomic E-state index is 13.3. The van der Waals surface area contributed by atoms with Crippen molar-refractivity contribution in [3.8, 4) is 0 Å².